The lowest BCUT2D eigenvalue weighted by molar-refractivity contribution is -0.120. The molecule has 4 rings (SSSR count). The minimum absolute atomic E-state index is 0.105. The van der Waals surface area contributed by atoms with E-state index >= 15 is 0 Å². The Labute approximate surface area is 168 Å². The summed E-state index contributed by atoms with van der Waals surface area (Å²) in [5, 5.41) is 8.45. The van der Waals surface area contributed by atoms with Gasteiger partial charge in [0, 0.05) is 26.3 Å². The number of piperidine rings is 1. The summed E-state index contributed by atoms with van der Waals surface area (Å²) < 4.78 is 23.7. The number of likely N-dealkylation sites (tertiary alicyclic amines) is 1. The van der Waals surface area contributed by atoms with Crippen LogP contribution in [0.15, 0.2) is 12.1 Å². The molecule has 0 aliphatic carbocycles. The van der Waals surface area contributed by atoms with Gasteiger partial charge in [-0.15, -0.1) is 5.10 Å². The minimum atomic E-state index is -0.329. The molecule has 0 atom stereocenters. The molecule has 0 aromatic carbocycles. The number of rotatable bonds is 5. The smallest absolute Gasteiger partial charge is 0.259 e. The second-order valence-electron chi connectivity index (χ2n) is 7.25. The molecular formula is C19H25N5O5. The molecule has 1 spiro atoms. The van der Waals surface area contributed by atoms with Gasteiger partial charge in [0.05, 0.1) is 45.3 Å². The van der Waals surface area contributed by atoms with Crippen molar-refractivity contribution in [1.29, 1.82) is 0 Å². The lowest BCUT2D eigenvalue weighted by atomic mass is 9.89. The first-order valence-corrected chi connectivity index (χ1v) is 9.51. The monoisotopic (exact) mass is 403 g/mol. The van der Waals surface area contributed by atoms with Crippen molar-refractivity contribution in [3.05, 3.63) is 29.1 Å². The zero-order valence-corrected chi connectivity index (χ0v) is 16.9. The van der Waals surface area contributed by atoms with Crippen LogP contribution in [-0.4, -0.2) is 70.8 Å². The van der Waals surface area contributed by atoms with Gasteiger partial charge in [-0.3, -0.25) is 4.79 Å². The largest absolute Gasteiger partial charge is 0.481 e. The Kier molecular flexibility index (Phi) is 5.37. The Morgan fingerprint density at radius 1 is 1.21 bits per heavy atom. The second kappa shape index (κ2) is 7.96. The van der Waals surface area contributed by atoms with E-state index in [1.807, 2.05) is 9.58 Å². The number of carbonyl (C=O) groups is 1. The molecule has 10 nitrogen and oxygen atoms in total. The number of amides is 1. The predicted octanol–water partition coefficient (Wildman–Crippen LogP) is 1.04. The molecule has 2 aliphatic rings. The molecule has 29 heavy (non-hydrogen) atoms. The van der Waals surface area contributed by atoms with Gasteiger partial charge >= 0.3 is 0 Å². The second-order valence-corrected chi connectivity index (χ2v) is 7.25. The summed E-state index contributed by atoms with van der Waals surface area (Å²) in [6.45, 7) is 2.68. The quantitative estimate of drug-likeness (QED) is 0.730. The lowest BCUT2D eigenvalue weighted by Gasteiger charge is -2.43. The zero-order valence-electron chi connectivity index (χ0n) is 16.9. The van der Waals surface area contributed by atoms with E-state index in [0.717, 1.165) is 24.2 Å². The van der Waals surface area contributed by atoms with Gasteiger partial charge in [-0.05, 0) is 18.9 Å². The van der Waals surface area contributed by atoms with E-state index in [2.05, 4.69) is 15.3 Å². The maximum Gasteiger partial charge on any atom is 0.259 e. The topological polar surface area (TPSA) is 101 Å². The van der Waals surface area contributed by atoms with Crippen LogP contribution in [-0.2, 0) is 29.2 Å². The zero-order chi connectivity index (χ0) is 20.4. The van der Waals surface area contributed by atoms with Gasteiger partial charge in [-0.25, -0.2) is 4.68 Å². The highest BCUT2D eigenvalue weighted by Gasteiger charge is 2.41. The third kappa shape index (κ3) is 3.65. The molecule has 4 heterocycles. The normalized spacial score (nSPS) is 17.8. The highest BCUT2D eigenvalue weighted by atomic mass is 16.5. The van der Waals surface area contributed by atoms with Crippen molar-refractivity contribution in [1.82, 2.24) is 24.9 Å². The Hall–Kier alpha value is -2.72. The Morgan fingerprint density at radius 2 is 2.00 bits per heavy atom. The fraction of sp³-hybridized carbons (Fsp3) is 0.579. The van der Waals surface area contributed by atoms with E-state index in [1.54, 1.807) is 19.2 Å². The van der Waals surface area contributed by atoms with E-state index in [9.17, 15) is 4.79 Å². The van der Waals surface area contributed by atoms with Crippen molar-refractivity contribution in [3.63, 3.8) is 0 Å². The standard InChI is InChI=1S/C19H25N5O5/c1-26-10-14-15-11-29-19(12-24(15)22-21-14)6-8-23(9-7-19)18(25)13-4-5-16(27-2)20-17(13)28-3/h4-5H,6-12H2,1-3H3. The van der Waals surface area contributed by atoms with E-state index < -0.39 is 0 Å². The first-order chi connectivity index (χ1) is 14.1. The van der Waals surface area contributed by atoms with E-state index in [-0.39, 0.29) is 17.4 Å². The fourth-order valence-electron chi connectivity index (χ4n) is 3.89. The molecule has 2 aliphatic heterocycles. The minimum Gasteiger partial charge on any atom is -0.481 e. The maximum atomic E-state index is 13.0. The van der Waals surface area contributed by atoms with E-state index in [4.69, 9.17) is 18.9 Å². The number of hydrogen-bond donors (Lipinski definition) is 0. The predicted molar refractivity (Wildman–Crippen MR) is 101 cm³/mol. The van der Waals surface area contributed by atoms with Crippen LogP contribution in [0, 0.1) is 0 Å². The molecule has 156 valence electrons. The van der Waals surface area contributed by atoms with Crippen LogP contribution >= 0.6 is 0 Å². The lowest BCUT2D eigenvalue weighted by Crippen LogP contribution is -2.52. The number of aromatic nitrogens is 4. The van der Waals surface area contributed by atoms with E-state index in [0.29, 0.717) is 44.3 Å². The van der Waals surface area contributed by atoms with Gasteiger partial charge in [0.15, 0.2) is 0 Å². The SMILES string of the molecule is COCc1nnn2c1COC1(CCN(C(=O)c3ccc(OC)nc3OC)CC1)C2. The number of hydrogen-bond acceptors (Lipinski definition) is 8. The summed E-state index contributed by atoms with van der Waals surface area (Å²) in [6, 6.07) is 3.35. The summed E-state index contributed by atoms with van der Waals surface area (Å²) in [7, 11) is 4.65. The molecular weight excluding hydrogens is 378 g/mol. The number of nitrogens with zero attached hydrogens (tertiary/aromatic N) is 5. The van der Waals surface area contributed by atoms with Gasteiger partial charge in [0.2, 0.25) is 11.8 Å². The number of ether oxygens (including phenoxy) is 4. The number of fused-ring (bicyclic) bond motifs is 1. The molecule has 0 bridgehead atoms. The van der Waals surface area contributed by atoms with E-state index in [1.165, 1.54) is 14.2 Å². The molecule has 1 amide bonds. The Bertz CT molecular complexity index is 891. The third-order valence-corrected chi connectivity index (χ3v) is 5.58. The molecule has 1 saturated heterocycles. The van der Waals surface area contributed by atoms with Crippen LogP contribution < -0.4 is 9.47 Å². The van der Waals surface area contributed by atoms with Gasteiger partial charge in [-0.1, -0.05) is 5.21 Å². The van der Waals surface area contributed by atoms with Gasteiger partial charge in [-0.2, -0.15) is 4.98 Å². The average molecular weight is 403 g/mol. The average Bonchev–Trinajstić information content (AvgIpc) is 3.15. The Balaban J connectivity index is 1.44. The molecule has 2 aromatic heterocycles. The summed E-state index contributed by atoms with van der Waals surface area (Å²) in [4.78, 5) is 19.0. The summed E-state index contributed by atoms with van der Waals surface area (Å²) >= 11 is 0. The first kappa shape index (κ1) is 19.6. The highest BCUT2D eigenvalue weighted by molar-refractivity contribution is 5.96. The molecule has 0 saturated carbocycles. The third-order valence-electron chi connectivity index (χ3n) is 5.58. The Morgan fingerprint density at radius 3 is 2.69 bits per heavy atom. The summed E-state index contributed by atoms with van der Waals surface area (Å²) in [5.41, 5.74) is 1.88. The van der Waals surface area contributed by atoms with Crippen molar-refractivity contribution in [2.45, 2.75) is 38.2 Å². The van der Waals surface area contributed by atoms with Crippen LogP contribution in [0.25, 0.3) is 0 Å². The molecule has 0 radical (unpaired) electrons. The molecule has 0 unspecified atom stereocenters. The van der Waals surface area contributed by atoms with Crippen LogP contribution in [0.1, 0.15) is 34.6 Å². The fourth-order valence-corrected chi connectivity index (χ4v) is 3.89. The number of pyridine rings is 1. The van der Waals surface area contributed by atoms with Crippen LogP contribution in [0.4, 0.5) is 0 Å². The van der Waals surface area contributed by atoms with Crippen molar-refractivity contribution in [2.24, 2.45) is 0 Å². The van der Waals surface area contributed by atoms with Crippen molar-refractivity contribution in [2.75, 3.05) is 34.4 Å². The highest BCUT2D eigenvalue weighted by Crippen LogP contribution is 2.34. The molecule has 2 aromatic rings. The summed E-state index contributed by atoms with van der Waals surface area (Å²) in [5.74, 6) is 0.566. The van der Waals surface area contributed by atoms with Crippen molar-refractivity contribution >= 4 is 5.91 Å². The molecule has 1 fully saturated rings. The van der Waals surface area contributed by atoms with Gasteiger partial charge in [0.1, 0.15) is 11.3 Å². The van der Waals surface area contributed by atoms with Gasteiger partial charge in [0.25, 0.3) is 5.91 Å². The van der Waals surface area contributed by atoms with Crippen LogP contribution in [0.2, 0.25) is 0 Å². The van der Waals surface area contributed by atoms with Gasteiger partial charge < -0.3 is 23.8 Å². The van der Waals surface area contributed by atoms with Crippen LogP contribution in [0.5, 0.6) is 11.8 Å². The number of carbonyl (C=O) groups excluding carboxylic acids is 1. The van der Waals surface area contributed by atoms with Crippen molar-refractivity contribution < 1.29 is 23.7 Å². The van der Waals surface area contributed by atoms with Crippen molar-refractivity contribution in [3.8, 4) is 11.8 Å². The molecule has 0 N–H and O–H groups in total. The number of methoxy groups -OCH3 is 3. The molecule has 10 heteroatoms. The maximum absolute atomic E-state index is 13.0. The summed E-state index contributed by atoms with van der Waals surface area (Å²) in [6.07, 6.45) is 1.45. The first-order valence-electron chi connectivity index (χ1n) is 9.51. The van der Waals surface area contributed by atoms with Crippen LogP contribution in [0.3, 0.4) is 0 Å².